The van der Waals surface area contributed by atoms with E-state index in [9.17, 15) is 19.3 Å². The van der Waals surface area contributed by atoms with Crippen molar-refractivity contribution in [1.82, 2.24) is 13.8 Å². The topological polar surface area (TPSA) is 143 Å². The van der Waals surface area contributed by atoms with Crippen molar-refractivity contribution in [3.8, 4) is 5.75 Å². The van der Waals surface area contributed by atoms with Crippen molar-refractivity contribution in [2.45, 2.75) is 46.2 Å². The van der Waals surface area contributed by atoms with Crippen molar-refractivity contribution in [3.63, 3.8) is 0 Å². The molecular formula is C24H27ClN6O5. The molecular weight excluding hydrogens is 488 g/mol. The van der Waals surface area contributed by atoms with Crippen LogP contribution in [0.15, 0.2) is 62.2 Å². The predicted octanol–water partition coefficient (Wildman–Crippen LogP) is 2.63. The normalized spacial score (nSPS) is 11.5. The SMILES string of the molecule is CCCOc1ccc(/N=c2\n(N)c(=O)n(CCCC(=O)N=O)c(=O)n2Cc2ccc(C)cc2)cc1Cl. The molecule has 0 radical (unpaired) electrons. The van der Waals surface area contributed by atoms with Crippen molar-refractivity contribution >= 4 is 23.2 Å². The first-order valence-corrected chi connectivity index (χ1v) is 11.7. The smallest absolute Gasteiger partial charge is 0.353 e. The van der Waals surface area contributed by atoms with E-state index in [4.69, 9.17) is 22.2 Å². The minimum absolute atomic E-state index is 0.0651. The van der Waals surface area contributed by atoms with E-state index >= 15 is 0 Å². The minimum atomic E-state index is -0.862. The molecule has 0 aliphatic carbocycles. The molecule has 2 N–H and O–H groups in total. The molecule has 36 heavy (non-hydrogen) atoms. The summed E-state index contributed by atoms with van der Waals surface area (Å²) in [4.78, 5) is 52.4. The number of hydrogen-bond acceptors (Lipinski definition) is 7. The Balaban J connectivity index is 2.14. The summed E-state index contributed by atoms with van der Waals surface area (Å²) in [5.74, 6) is 5.74. The Kier molecular flexibility index (Phi) is 8.96. The highest BCUT2D eigenvalue weighted by Crippen LogP contribution is 2.28. The molecule has 0 saturated heterocycles. The van der Waals surface area contributed by atoms with E-state index in [-0.39, 0.29) is 31.5 Å². The van der Waals surface area contributed by atoms with E-state index in [1.54, 1.807) is 18.2 Å². The van der Waals surface area contributed by atoms with Gasteiger partial charge in [-0.2, -0.15) is 4.68 Å². The Labute approximate surface area is 211 Å². The average Bonchev–Trinajstić information content (AvgIpc) is 2.87. The summed E-state index contributed by atoms with van der Waals surface area (Å²) in [5.41, 5.74) is 0.612. The summed E-state index contributed by atoms with van der Waals surface area (Å²) in [6, 6.07) is 12.4. The first-order valence-electron chi connectivity index (χ1n) is 11.4. The van der Waals surface area contributed by atoms with E-state index in [1.807, 2.05) is 38.1 Å². The highest BCUT2D eigenvalue weighted by molar-refractivity contribution is 6.32. The molecule has 0 aliphatic heterocycles. The predicted molar refractivity (Wildman–Crippen MR) is 136 cm³/mol. The molecule has 3 rings (SSSR count). The fourth-order valence-corrected chi connectivity index (χ4v) is 3.65. The second kappa shape index (κ2) is 12.1. The number of rotatable bonds is 10. The molecule has 190 valence electrons. The lowest BCUT2D eigenvalue weighted by Crippen LogP contribution is -2.57. The van der Waals surface area contributed by atoms with Gasteiger partial charge in [0.05, 0.1) is 23.9 Å². The zero-order valence-electron chi connectivity index (χ0n) is 20.0. The van der Waals surface area contributed by atoms with Crippen LogP contribution >= 0.6 is 11.6 Å². The number of nitrogens with zero attached hydrogens (tertiary/aromatic N) is 5. The molecule has 0 fully saturated rings. The Bertz CT molecular complexity index is 1440. The van der Waals surface area contributed by atoms with Gasteiger partial charge in [-0.3, -0.25) is 9.36 Å². The third-order valence-corrected chi connectivity index (χ3v) is 5.59. The second-order valence-corrected chi connectivity index (χ2v) is 8.53. The Hall–Kier alpha value is -3.99. The van der Waals surface area contributed by atoms with E-state index < -0.39 is 17.3 Å². The van der Waals surface area contributed by atoms with Crippen LogP contribution in [0.2, 0.25) is 5.02 Å². The summed E-state index contributed by atoms with van der Waals surface area (Å²) in [7, 11) is 0. The van der Waals surface area contributed by atoms with Crippen LogP contribution in [0.25, 0.3) is 0 Å². The van der Waals surface area contributed by atoms with Crippen LogP contribution in [-0.2, 0) is 17.9 Å². The molecule has 2 aromatic carbocycles. The number of aromatic nitrogens is 3. The summed E-state index contributed by atoms with van der Waals surface area (Å²) in [6.45, 7) is 4.37. The summed E-state index contributed by atoms with van der Waals surface area (Å²) in [6.07, 6.45) is 0.682. The molecule has 11 nitrogen and oxygen atoms in total. The first kappa shape index (κ1) is 26.6. The highest BCUT2D eigenvalue weighted by atomic mass is 35.5. The maximum atomic E-state index is 13.4. The van der Waals surface area contributed by atoms with Crippen LogP contribution in [-0.4, -0.2) is 26.3 Å². The van der Waals surface area contributed by atoms with Gasteiger partial charge in [-0.05, 0) is 43.5 Å². The fraction of sp³-hybridized carbons (Fsp3) is 0.333. The van der Waals surface area contributed by atoms with Crippen molar-refractivity contribution in [2.24, 2.45) is 10.2 Å². The van der Waals surface area contributed by atoms with Gasteiger partial charge in [-0.1, -0.05) is 48.4 Å². The maximum absolute atomic E-state index is 13.4. The van der Waals surface area contributed by atoms with Crippen molar-refractivity contribution < 1.29 is 9.53 Å². The van der Waals surface area contributed by atoms with E-state index in [1.165, 1.54) is 4.57 Å². The van der Waals surface area contributed by atoms with Gasteiger partial charge in [0.25, 0.3) is 5.91 Å². The van der Waals surface area contributed by atoms with Gasteiger partial charge in [-0.15, -0.1) is 4.91 Å². The molecule has 0 aliphatic rings. The number of halogens is 1. The Morgan fingerprint density at radius 3 is 2.44 bits per heavy atom. The van der Waals surface area contributed by atoms with Gasteiger partial charge in [0.1, 0.15) is 5.75 Å². The molecule has 0 spiro atoms. The zero-order chi connectivity index (χ0) is 26.2. The lowest BCUT2D eigenvalue weighted by molar-refractivity contribution is -0.118. The Morgan fingerprint density at radius 1 is 1.08 bits per heavy atom. The summed E-state index contributed by atoms with van der Waals surface area (Å²) >= 11 is 6.32. The molecule has 3 aromatic rings. The standard InChI is InChI=1S/C24H27ClN6O5/c1-3-13-36-20-11-10-18(14-19(20)25)27-22-30(15-17-8-6-16(2)7-9-17)23(33)29(24(34)31(22)26)12-4-5-21(32)28-35/h6-11,14H,3-5,12-13,15,26H2,1-2H3/b27-22-. The lowest BCUT2D eigenvalue weighted by Gasteiger charge is -2.14. The number of benzene rings is 2. The van der Waals surface area contributed by atoms with Crippen molar-refractivity contribution in [3.05, 3.63) is 90.1 Å². The monoisotopic (exact) mass is 514 g/mol. The van der Waals surface area contributed by atoms with Gasteiger partial charge >= 0.3 is 11.4 Å². The zero-order valence-corrected chi connectivity index (χ0v) is 20.8. The Morgan fingerprint density at radius 2 is 1.81 bits per heavy atom. The third kappa shape index (κ3) is 6.36. The number of hydrogen-bond donors (Lipinski definition) is 1. The van der Waals surface area contributed by atoms with E-state index in [0.717, 1.165) is 26.8 Å². The number of carbonyl (C=O) groups excluding carboxylic acids is 1. The van der Waals surface area contributed by atoms with Crippen molar-refractivity contribution in [1.29, 1.82) is 0 Å². The van der Waals surface area contributed by atoms with Crippen molar-refractivity contribution in [2.75, 3.05) is 12.4 Å². The number of amides is 1. The summed E-state index contributed by atoms with van der Waals surface area (Å²) in [5, 5.41) is 2.65. The van der Waals surface area contributed by atoms with Crippen LogP contribution < -0.4 is 27.6 Å². The molecule has 1 amide bonds. The van der Waals surface area contributed by atoms with Crippen LogP contribution in [0.3, 0.4) is 0 Å². The maximum Gasteiger partial charge on any atom is 0.353 e. The quantitative estimate of drug-likeness (QED) is 0.325. The van der Waals surface area contributed by atoms with Crippen LogP contribution in [0, 0.1) is 11.8 Å². The molecule has 0 saturated carbocycles. The number of aryl methyl sites for hydroxylation is 1. The van der Waals surface area contributed by atoms with E-state index in [2.05, 4.69) is 10.2 Å². The first-order chi connectivity index (χ1) is 17.2. The molecule has 1 aromatic heterocycles. The molecule has 1 heterocycles. The molecule has 0 unspecified atom stereocenters. The number of carbonyl (C=O) groups is 1. The van der Waals surface area contributed by atoms with Crippen LogP contribution in [0.4, 0.5) is 5.69 Å². The average molecular weight is 515 g/mol. The van der Waals surface area contributed by atoms with E-state index in [0.29, 0.717) is 23.1 Å². The molecule has 0 bridgehead atoms. The fourth-order valence-electron chi connectivity index (χ4n) is 3.42. The van der Waals surface area contributed by atoms with Gasteiger partial charge < -0.3 is 10.6 Å². The number of ether oxygens (including phenoxy) is 1. The summed E-state index contributed by atoms with van der Waals surface area (Å²) < 4.78 is 8.52. The highest BCUT2D eigenvalue weighted by Gasteiger charge is 2.15. The van der Waals surface area contributed by atoms with Gasteiger partial charge in [0, 0.05) is 18.1 Å². The molecule has 12 heteroatoms. The van der Waals surface area contributed by atoms with Gasteiger partial charge in [-0.25, -0.2) is 19.1 Å². The van der Waals surface area contributed by atoms with Crippen LogP contribution in [0.5, 0.6) is 5.75 Å². The number of nitroso groups, excluding NO2 is 1. The molecule has 0 atom stereocenters. The van der Waals surface area contributed by atoms with Gasteiger partial charge in [0.15, 0.2) is 0 Å². The van der Waals surface area contributed by atoms with Gasteiger partial charge in [0.2, 0.25) is 5.62 Å². The number of nitrogens with two attached hydrogens (primary N) is 1. The lowest BCUT2D eigenvalue weighted by atomic mass is 10.1. The number of nitrogen functional groups attached to an aromatic ring is 1. The largest absolute Gasteiger partial charge is 0.492 e. The minimum Gasteiger partial charge on any atom is -0.492 e. The van der Waals surface area contributed by atoms with Crippen LogP contribution in [0.1, 0.15) is 37.3 Å². The third-order valence-electron chi connectivity index (χ3n) is 5.30. The second-order valence-electron chi connectivity index (χ2n) is 8.12.